The molecule has 10 rings (SSSR count). The minimum atomic E-state index is -3.29. The zero-order valence-corrected chi connectivity index (χ0v) is 40.2. The van der Waals surface area contributed by atoms with Gasteiger partial charge in [0.1, 0.15) is 29.5 Å². The summed E-state index contributed by atoms with van der Waals surface area (Å²) in [7, 11) is 2.54. The van der Waals surface area contributed by atoms with Crippen LogP contribution >= 0.6 is 0 Å². The lowest BCUT2D eigenvalue weighted by molar-refractivity contribution is -0.139. The number of piperidine rings is 1. The molecule has 17 heteroatoms. The Morgan fingerprint density at radius 3 is 1.96 bits per heavy atom. The molecule has 364 valence electrons. The first kappa shape index (κ1) is 47.4. The lowest BCUT2D eigenvalue weighted by atomic mass is 9.95. The lowest BCUT2D eigenvalue weighted by Crippen LogP contribution is -2.54. The molecule has 2 saturated heterocycles. The van der Waals surface area contributed by atoms with Crippen molar-refractivity contribution in [3.63, 3.8) is 0 Å². The number of aromatic amines is 2. The van der Waals surface area contributed by atoms with Gasteiger partial charge >= 0.3 is 12.2 Å². The molecule has 2 aliphatic heterocycles. The number of H-pyrrole nitrogens is 2. The number of halogens is 2. The van der Waals surface area contributed by atoms with Gasteiger partial charge < -0.3 is 44.7 Å². The summed E-state index contributed by atoms with van der Waals surface area (Å²) < 4.78 is 43.0. The van der Waals surface area contributed by atoms with E-state index in [1.807, 2.05) is 62.9 Å². The quantitative estimate of drug-likeness (QED) is 0.106. The number of Topliss-reactive ketones (excluding diaryl/α,β-unsaturated/α-hetero) is 1. The number of hydrogen-bond acceptors (Lipinski definition) is 9. The molecule has 5 aromatic rings. The fourth-order valence-corrected chi connectivity index (χ4v) is 11.0. The highest BCUT2D eigenvalue weighted by Gasteiger charge is 2.56. The normalized spacial score (nSPS) is 22.0. The van der Waals surface area contributed by atoms with E-state index in [1.165, 1.54) is 34.1 Å². The van der Waals surface area contributed by atoms with Crippen molar-refractivity contribution in [1.29, 1.82) is 0 Å². The number of ketones is 1. The van der Waals surface area contributed by atoms with Crippen LogP contribution in [0.2, 0.25) is 0 Å². The minimum absolute atomic E-state index is 0.0102. The highest BCUT2D eigenvalue weighted by atomic mass is 19.3. The molecule has 4 fully saturated rings. The minimum Gasteiger partial charge on any atom is -0.453 e. The molecule has 2 saturated carbocycles. The molecule has 4 amide bonds. The topological polar surface area (TPSA) is 192 Å². The molecule has 6 unspecified atom stereocenters. The first-order chi connectivity index (χ1) is 32.8. The standard InChI is InChI=1S/C49H54F2N8O6.C3H6O/c1-24(2)39(56-46(62)64-5)44(60)58-23-48(15-16-48)21-38(58)42-52-22-37(55-42)28-9-13-32-31-12-8-26(18-33(31)49(50,51)34(32)19-28)27-10-14-35-36(20-27)54-43(53-35)41-29-7-11-30(17-29)59(41)45(61)40(25(3)4)57-47(63)65-6;1-3(2)4/h8-10,12-14,18-20,22,24-25,29-30,38-41H,7,11,15-17,21,23H2,1-6H3,(H,52,55)(H,53,54)(H,56,62)(H,57,63);1-2H3. The highest BCUT2D eigenvalue weighted by Crippen LogP contribution is 2.59. The van der Waals surface area contributed by atoms with Gasteiger partial charge in [-0.05, 0) is 122 Å². The number of imidazole rings is 2. The number of nitrogens with one attached hydrogen (secondary N) is 4. The Hall–Kier alpha value is -6.65. The van der Waals surface area contributed by atoms with Gasteiger partial charge in [0.15, 0.2) is 0 Å². The third-order valence-corrected chi connectivity index (χ3v) is 14.7. The number of nitrogens with zero attached hydrogens (tertiary/aromatic N) is 4. The van der Waals surface area contributed by atoms with Crippen molar-refractivity contribution < 1.29 is 42.2 Å². The fraction of sp³-hybridized carbons (Fsp3) is 0.481. The molecule has 15 nitrogen and oxygen atoms in total. The number of rotatable bonds is 10. The van der Waals surface area contributed by atoms with Crippen molar-refractivity contribution in [2.75, 3.05) is 20.8 Å². The maximum atomic E-state index is 16.7. The summed E-state index contributed by atoms with van der Waals surface area (Å²) in [5.74, 6) is -2.36. The monoisotopic (exact) mass is 946 g/mol. The summed E-state index contributed by atoms with van der Waals surface area (Å²) in [5, 5.41) is 5.43. The predicted molar refractivity (Wildman–Crippen MR) is 254 cm³/mol. The van der Waals surface area contributed by atoms with Gasteiger partial charge in [-0.2, -0.15) is 8.78 Å². The van der Waals surface area contributed by atoms with E-state index in [2.05, 4.69) is 20.6 Å². The lowest BCUT2D eigenvalue weighted by Gasteiger charge is -2.37. The summed E-state index contributed by atoms with van der Waals surface area (Å²) in [6.45, 7) is 11.1. The number of methoxy groups -OCH3 is 2. The summed E-state index contributed by atoms with van der Waals surface area (Å²) in [6, 6.07) is 13.8. The van der Waals surface area contributed by atoms with Crippen LogP contribution in [0.4, 0.5) is 18.4 Å². The second-order valence-corrected chi connectivity index (χ2v) is 20.4. The first-order valence-electron chi connectivity index (χ1n) is 23.8. The number of amides is 4. The van der Waals surface area contributed by atoms with Crippen molar-refractivity contribution in [3.8, 4) is 33.5 Å². The number of ether oxygens (including phenoxy) is 2. The van der Waals surface area contributed by atoms with E-state index in [0.717, 1.165) is 49.6 Å². The largest absolute Gasteiger partial charge is 0.453 e. The summed E-state index contributed by atoms with van der Waals surface area (Å²) in [4.78, 5) is 82.0. The van der Waals surface area contributed by atoms with E-state index >= 15 is 8.78 Å². The van der Waals surface area contributed by atoms with Gasteiger partial charge in [-0.1, -0.05) is 58.0 Å². The van der Waals surface area contributed by atoms with Crippen LogP contribution in [0.5, 0.6) is 0 Å². The van der Waals surface area contributed by atoms with Crippen LogP contribution in [0, 0.1) is 23.2 Å². The Kier molecular flexibility index (Phi) is 12.4. The van der Waals surface area contributed by atoms with Crippen molar-refractivity contribution in [2.45, 2.75) is 116 Å². The molecule has 3 aromatic carbocycles. The number of aromatic nitrogens is 4. The van der Waals surface area contributed by atoms with Gasteiger partial charge in [0.2, 0.25) is 11.8 Å². The third kappa shape index (κ3) is 8.73. The Balaban J connectivity index is 0.00000143. The predicted octanol–water partition coefficient (Wildman–Crippen LogP) is 9.20. The Morgan fingerprint density at radius 1 is 0.768 bits per heavy atom. The van der Waals surface area contributed by atoms with Gasteiger partial charge in [-0.25, -0.2) is 19.6 Å². The smallest absolute Gasteiger partial charge is 0.407 e. The van der Waals surface area contributed by atoms with E-state index < -0.39 is 30.2 Å². The van der Waals surface area contributed by atoms with E-state index in [4.69, 9.17) is 19.4 Å². The van der Waals surface area contributed by atoms with Gasteiger partial charge in [0, 0.05) is 29.3 Å². The summed E-state index contributed by atoms with van der Waals surface area (Å²) in [5.41, 5.74) is 4.68. The van der Waals surface area contributed by atoms with Crippen LogP contribution in [-0.2, 0) is 29.8 Å². The molecule has 3 aliphatic carbocycles. The van der Waals surface area contributed by atoms with Crippen molar-refractivity contribution in [3.05, 3.63) is 83.6 Å². The van der Waals surface area contributed by atoms with Crippen LogP contribution in [0.15, 0.2) is 60.8 Å². The fourth-order valence-electron chi connectivity index (χ4n) is 11.0. The van der Waals surface area contributed by atoms with Gasteiger partial charge in [0.25, 0.3) is 5.92 Å². The molecular formula is C52H60F2N8O7. The summed E-state index contributed by atoms with van der Waals surface area (Å²) in [6.07, 6.45) is 5.75. The number of alkyl halides is 2. The van der Waals surface area contributed by atoms with E-state index in [-0.39, 0.29) is 70.0 Å². The number of fused-ring (bicyclic) bond motifs is 6. The van der Waals surface area contributed by atoms with Crippen LogP contribution in [0.25, 0.3) is 44.5 Å². The molecule has 0 radical (unpaired) electrons. The van der Waals surface area contributed by atoms with Gasteiger partial charge in [-0.15, -0.1) is 0 Å². The Labute approximate surface area is 399 Å². The molecular weight excluding hydrogens is 887 g/mol. The summed E-state index contributed by atoms with van der Waals surface area (Å²) >= 11 is 0. The zero-order valence-electron chi connectivity index (χ0n) is 40.2. The number of hydrogen-bond donors (Lipinski definition) is 4. The number of likely N-dealkylation sites (tertiary alicyclic amines) is 2. The molecule has 5 aliphatic rings. The van der Waals surface area contributed by atoms with Crippen molar-refractivity contribution >= 4 is 40.8 Å². The third-order valence-electron chi connectivity index (χ3n) is 14.7. The first-order valence-corrected chi connectivity index (χ1v) is 23.8. The average Bonchev–Trinajstić information content (AvgIpc) is 3.98. The molecule has 69 heavy (non-hydrogen) atoms. The zero-order chi connectivity index (χ0) is 49.3. The number of alkyl carbamates (subject to hydrolysis) is 2. The molecule has 2 aromatic heterocycles. The van der Waals surface area contributed by atoms with Crippen LogP contribution < -0.4 is 10.6 Å². The Morgan fingerprint density at radius 2 is 1.35 bits per heavy atom. The van der Waals surface area contributed by atoms with E-state index in [1.54, 1.807) is 29.3 Å². The van der Waals surface area contributed by atoms with Crippen LogP contribution in [0.3, 0.4) is 0 Å². The maximum Gasteiger partial charge on any atom is 0.407 e. The van der Waals surface area contributed by atoms with Crippen LogP contribution in [0.1, 0.15) is 115 Å². The second-order valence-electron chi connectivity index (χ2n) is 20.4. The molecule has 6 atom stereocenters. The molecule has 4 heterocycles. The average molecular weight is 947 g/mol. The number of carbonyl (C=O) groups is 5. The van der Waals surface area contributed by atoms with E-state index in [0.29, 0.717) is 51.7 Å². The molecule has 1 spiro atoms. The Bertz CT molecular complexity index is 2850. The molecule has 2 bridgehead atoms. The van der Waals surface area contributed by atoms with Gasteiger partial charge in [-0.3, -0.25) is 9.59 Å². The van der Waals surface area contributed by atoms with E-state index in [9.17, 15) is 24.0 Å². The molecule has 4 N–H and O–H groups in total. The van der Waals surface area contributed by atoms with Crippen molar-refractivity contribution in [2.24, 2.45) is 23.2 Å². The van der Waals surface area contributed by atoms with Crippen LogP contribution in [-0.4, -0.2) is 98.4 Å². The highest BCUT2D eigenvalue weighted by molar-refractivity contribution is 5.89. The number of benzene rings is 3. The van der Waals surface area contributed by atoms with Crippen molar-refractivity contribution in [1.82, 2.24) is 40.4 Å². The van der Waals surface area contributed by atoms with Gasteiger partial charge in [0.05, 0.1) is 49.2 Å². The SMILES string of the molecule is CC(C)=O.COC(=O)NC(C(=O)N1CC2(CC2)CC1c1ncc(-c2ccc3c(c2)C(F)(F)c2cc(-c4ccc5nc(C6C7CCC(C7)N6C(=O)C(NC(=O)OC)C(C)C)[nH]c5c4)ccc2-3)[nH]1)C(C)C. The maximum absolute atomic E-state index is 16.7. The number of carbonyl (C=O) groups excluding carboxylic acids is 5. The second kappa shape index (κ2) is 18.0.